The lowest BCUT2D eigenvalue weighted by Crippen LogP contribution is -2.46. The van der Waals surface area contributed by atoms with Crippen LogP contribution in [-0.4, -0.2) is 62.2 Å². The van der Waals surface area contributed by atoms with Crippen molar-refractivity contribution in [2.75, 3.05) is 31.1 Å². The number of nitrogens with one attached hydrogen (secondary N) is 2. The maximum absolute atomic E-state index is 11.5. The van der Waals surface area contributed by atoms with Crippen molar-refractivity contribution >= 4 is 33.3 Å². The molecule has 2 N–H and O–H groups in total. The Kier molecular flexibility index (Phi) is 4.98. The lowest BCUT2D eigenvalue weighted by atomic mass is 9.99. The second-order valence-corrected chi connectivity index (χ2v) is 9.13. The van der Waals surface area contributed by atoms with Crippen molar-refractivity contribution in [2.45, 2.75) is 38.1 Å². The van der Waals surface area contributed by atoms with Gasteiger partial charge in [0.05, 0.1) is 21.5 Å². The Morgan fingerprint density at radius 3 is 2.61 bits per heavy atom. The molecule has 2 saturated heterocycles. The third-order valence-corrected chi connectivity index (χ3v) is 7.19. The zero-order chi connectivity index (χ0) is 22.4. The van der Waals surface area contributed by atoms with Crippen LogP contribution in [0.5, 0.6) is 0 Å². The number of aromatic amines is 2. The molecule has 4 heterocycles. The van der Waals surface area contributed by atoms with E-state index < -0.39 is 0 Å². The molecule has 33 heavy (non-hydrogen) atoms. The number of nitrogens with zero attached hydrogens (tertiary/aromatic N) is 5. The van der Waals surface area contributed by atoms with E-state index in [4.69, 9.17) is 0 Å². The van der Waals surface area contributed by atoms with Crippen LogP contribution in [0.25, 0.3) is 33.5 Å². The molecule has 2 aromatic carbocycles. The van der Waals surface area contributed by atoms with Crippen molar-refractivity contribution in [3.8, 4) is 11.5 Å². The van der Waals surface area contributed by atoms with Crippen LogP contribution in [0, 0.1) is 10.1 Å². The molecule has 0 aliphatic carbocycles. The number of piperidine rings is 2. The van der Waals surface area contributed by atoms with Gasteiger partial charge < -0.3 is 14.8 Å². The lowest BCUT2D eigenvalue weighted by Gasteiger charge is -2.41. The van der Waals surface area contributed by atoms with E-state index in [0.29, 0.717) is 28.5 Å². The smallest absolute Gasteiger partial charge is 0.281 e. The highest BCUT2D eigenvalue weighted by Gasteiger charge is 2.26. The summed E-state index contributed by atoms with van der Waals surface area (Å²) in [5.74, 6) is 0.534. The fourth-order valence-electron chi connectivity index (χ4n) is 5.46. The molecule has 0 unspecified atom stereocenters. The summed E-state index contributed by atoms with van der Waals surface area (Å²) in [5, 5.41) is 19.2. The monoisotopic (exact) mass is 445 g/mol. The number of non-ortho nitro benzene ring substituents is 1. The third-order valence-electron chi connectivity index (χ3n) is 7.19. The number of anilines is 1. The average molecular weight is 446 g/mol. The van der Waals surface area contributed by atoms with Crippen LogP contribution in [-0.2, 0) is 0 Å². The normalized spacial score (nSPS) is 18.4. The minimum Gasteiger partial charge on any atom is -0.371 e. The predicted molar refractivity (Wildman–Crippen MR) is 128 cm³/mol. The summed E-state index contributed by atoms with van der Waals surface area (Å²) in [6.45, 7) is 4.63. The SMILES string of the molecule is O=[N+]([O-])c1cccc2[nH]nc(-c3nc4ccc(N5CCC(N6CCCCC6)CC5)cc4[nH]3)c12. The first-order chi connectivity index (χ1) is 16.2. The van der Waals surface area contributed by atoms with Crippen LogP contribution in [0.3, 0.4) is 0 Å². The number of aromatic nitrogens is 4. The van der Waals surface area contributed by atoms with Gasteiger partial charge in [-0.2, -0.15) is 5.10 Å². The summed E-state index contributed by atoms with van der Waals surface area (Å²) in [6, 6.07) is 11.9. The Labute approximate surface area is 190 Å². The summed E-state index contributed by atoms with van der Waals surface area (Å²) in [7, 11) is 0. The molecule has 0 amide bonds. The fraction of sp³-hybridized carbons (Fsp3) is 0.417. The standard InChI is InChI=1S/C24H27N7O2/c32-31(33)21-6-4-5-19-22(21)23(28-27-19)24-25-18-8-7-17(15-20(18)26-24)30-13-9-16(10-14-30)29-11-2-1-3-12-29/h4-8,15-16H,1-3,9-14H2,(H,25,26)(H,27,28). The highest BCUT2D eigenvalue weighted by Crippen LogP contribution is 2.34. The number of rotatable bonds is 4. The van der Waals surface area contributed by atoms with Crippen molar-refractivity contribution in [1.82, 2.24) is 25.1 Å². The van der Waals surface area contributed by atoms with Crippen LogP contribution in [0.15, 0.2) is 36.4 Å². The maximum Gasteiger partial charge on any atom is 0.281 e. The van der Waals surface area contributed by atoms with Crippen molar-refractivity contribution in [3.63, 3.8) is 0 Å². The van der Waals surface area contributed by atoms with E-state index in [9.17, 15) is 10.1 Å². The molecule has 0 atom stereocenters. The fourth-order valence-corrected chi connectivity index (χ4v) is 5.46. The van der Waals surface area contributed by atoms with Crippen LogP contribution in [0.4, 0.5) is 11.4 Å². The van der Waals surface area contributed by atoms with Gasteiger partial charge in [-0.25, -0.2) is 4.98 Å². The number of imidazole rings is 1. The molecule has 2 aliphatic heterocycles. The number of hydrogen-bond donors (Lipinski definition) is 2. The van der Waals surface area contributed by atoms with Gasteiger partial charge in [0.1, 0.15) is 11.1 Å². The molecule has 0 radical (unpaired) electrons. The van der Waals surface area contributed by atoms with Crippen LogP contribution in [0.2, 0.25) is 0 Å². The van der Waals surface area contributed by atoms with Gasteiger partial charge in [0.15, 0.2) is 5.82 Å². The van der Waals surface area contributed by atoms with Crippen molar-refractivity contribution in [2.24, 2.45) is 0 Å². The van der Waals surface area contributed by atoms with Gasteiger partial charge >= 0.3 is 0 Å². The average Bonchev–Trinajstić information content (AvgIpc) is 3.48. The highest BCUT2D eigenvalue weighted by molar-refractivity contribution is 5.99. The van der Waals surface area contributed by atoms with Crippen LogP contribution in [0.1, 0.15) is 32.1 Å². The molecule has 2 aliphatic rings. The Morgan fingerprint density at radius 1 is 1.00 bits per heavy atom. The van der Waals surface area contributed by atoms with Crippen molar-refractivity contribution in [3.05, 3.63) is 46.5 Å². The molecule has 0 saturated carbocycles. The Morgan fingerprint density at radius 2 is 1.82 bits per heavy atom. The molecule has 4 aromatic rings. The Bertz CT molecular complexity index is 1310. The van der Waals surface area contributed by atoms with Gasteiger partial charge in [-0.05, 0) is 63.0 Å². The number of nitro groups is 1. The predicted octanol–water partition coefficient (Wildman–Crippen LogP) is 4.47. The number of benzene rings is 2. The van der Waals surface area contributed by atoms with Gasteiger partial charge in [0, 0.05) is 30.9 Å². The Balaban J connectivity index is 1.26. The van der Waals surface area contributed by atoms with E-state index in [2.05, 4.69) is 42.1 Å². The van der Waals surface area contributed by atoms with Crippen LogP contribution >= 0.6 is 0 Å². The second-order valence-electron chi connectivity index (χ2n) is 9.13. The number of fused-ring (bicyclic) bond motifs is 2. The van der Waals surface area contributed by atoms with E-state index in [0.717, 1.165) is 24.1 Å². The zero-order valence-corrected chi connectivity index (χ0v) is 18.5. The second kappa shape index (κ2) is 8.15. The minimum atomic E-state index is -0.379. The van der Waals surface area contributed by atoms with E-state index in [1.165, 1.54) is 56.9 Å². The van der Waals surface area contributed by atoms with Gasteiger partial charge in [0.2, 0.25) is 0 Å². The van der Waals surface area contributed by atoms with E-state index in [-0.39, 0.29) is 10.6 Å². The molecule has 0 bridgehead atoms. The largest absolute Gasteiger partial charge is 0.371 e. The van der Waals surface area contributed by atoms with Gasteiger partial charge in [-0.3, -0.25) is 15.2 Å². The molecular formula is C24H27N7O2. The molecule has 0 spiro atoms. The van der Waals surface area contributed by atoms with E-state index >= 15 is 0 Å². The van der Waals surface area contributed by atoms with E-state index in [1.807, 2.05) is 6.07 Å². The number of hydrogen-bond acceptors (Lipinski definition) is 6. The van der Waals surface area contributed by atoms with Crippen molar-refractivity contribution < 1.29 is 4.92 Å². The minimum absolute atomic E-state index is 0.0222. The molecule has 2 fully saturated rings. The molecule has 2 aromatic heterocycles. The van der Waals surface area contributed by atoms with Crippen molar-refractivity contribution in [1.29, 1.82) is 0 Å². The summed E-state index contributed by atoms with van der Waals surface area (Å²) in [6.07, 6.45) is 6.47. The molecule has 6 rings (SSSR count). The van der Waals surface area contributed by atoms with E-state index in [1.54, 1.807) is 12.1 Å². The van der Waals surface area contributed by atoms with Gasteiger partial charge in [0.25, 0.3) is 5.69 Å². The topological polar surface area (TPSA) is 107 Å². The number of nitro benzene ring substituents is 1. The summed E-state index contributed by atoms with van der Waals surface area (Å²) < 4.78 is 0. The number of likely N-dealkylation sites (tertiary alicyclic amines) is 1. The van der Waals surface area contributed by atoms with Crippen LogP contribution < -0.4 is 4.90 Å². The van der Waals surface area contributed by atoms with Gasteiger partial charge in [-0.15, -0.1) is 0 Å². The molecule has 9 heteroatoms. The third kappa shape index (κ3) is 3.62. The molecular weight excluding hydrogens is 418 g/mol. The first kappa shape index (κ1) is 20.2. The Hall–Kier alpha value is -3.46. The summed E-state index contributed by atoms with van der Waals surface area (Å²) >= 11 is 0. The lowest BCUT2D eigenvalue weighted by molar-refractivity contribution is -0.383. The molecule has 9 nitrogen and oxygen atoms in total. The van der Waals surface area contributed by atoms with Gasteiger partial charge in [-0.1, -0.05) is 12.5 Å². The summed E-state index contributed by atoms with van der Waals surface area (Å²) in [4.78, 5) is 24.3. The molecule has 170 valence electrons. The highest BCUT2D eigenvalue weighted by atomic mass is 16.6. The summed E-state index contributed by atoms with van der Waals surface area (Å²) in [5.41, 5.74) is 4.04. The zero-order valence-electron chi connectivity index (χ0n) is 18.5. The number of H-pyrrole nitrogens is 2. The first-order valence-electron chi connectivity index (χ1n) is 11.8. The quantitative estimate of drug-likeness (QED) is 0.355. The first-order valence-corrected chi connectivity index (χ1v) is 11.8. The maximum atomic E-state index is 11.5.